The zero-order valence-electron chi connectivity index (χ0n) is 11.4. The fourth-order valence-electron chi connectivity index (χ4n) is 1.37. The van der Waals surface area contributed by atoms with Crippen molar-refractivity contribution in [2.24, 2.45) is 12.5 Å². The molecule has 0 unspecified atom stereocenters. The van der Waals surface area contributed by atoms with E-state index in [0.29, 0.717) is 12.1 Å². The lowest BCUT2D eigenvalue weighted by Gasteiger charge is -2.18. The zero-order valence-corrected chi connectivity index (χ0v) is 11.4. The molecule has 0 aliphatic carbocycles. The lowest BCUT2D eigenvalue weighted by atomic mass is 9.97. The van der Waals surface area contributed by atoms with E-state index in [0.717, 1.165) is 0 Å². The van der Waals surface area contributed by atoms with Crippen LogP contribution in [0, 0.1) is 5.41 Å². The van der Waals surface area contributed by atoms with Gasteiger partial charge in [0, 0.05) is 31.9 Å². The van der Waals surface area contributed by atoms with E-state index < -0.39 is 0 Å². The highest BCUT2D eigenvalue weighted by molar-refractivity contribution is 5.73. The number of rotatable bonds is 3. The molecular weight excluding hydrogens is 230 g/mol. The number of aryl methyl sites for hydroxylation is 1. The first-order chi connectivity index (χ1) is 8.29. The van der Waals surface area contributed by atoms with Crippen LogP contribution in [-0.4, -0.2) is 17.1 Å². The number of nitrogens with zero attached hydrogens (tertiary/aromatic N) is 1. The Morgan fingerprint density at radius 3 is 2.61 bits per heavy atom. The standard InChI is InChI=1S/C13H21N3O2/c1-13(2,3)9-15-12(18)14-8-10-6-5-7-16(4)11(10)17/h5-7H,8-9H2,1-4H3,(H2,14,15,18). The van der Waals surface area contributed by atoms with Crippen molar-refractivity contribution in [1.82, 2.24) is 15.2 Å². The Hall–Kier alpha value is -1.78. The minimum atomic E-state index is -0.254. The molecule has 2 N–H and O–H groups in total. The highest BCUT2D eigenvalue weighted by Gasteiger charge is 2.11. The first-order valence-corrected chi connectivity index (χ1v) is 5.96. The van der Waals surface area contributed by atoms with E-state index in [4.69, 9.17) is 0 Å². The summed E-state index contributed by atoms with van der Waals surface area (Å²) >= 11 is 0. The van der Waals surface area contributed by atoms with Crippen LogP contribution in [0.4, 0.5) is 4.79 Å². The molecular formula is C13H21N3O2. The van der Waals surface area contributed by atoms with Crippen molar-refractivity contribution in [1.29, 1.82) is 0 Å². The number of carbonyl (C=O) groups is 1. The molecule has 5 nitrogen and oxygen atoms in total. The molecule has 0 radical (unpaired) electrons. The van der Waals surface area contributed by atoms with Gasteiger partial charge in [0.25, 0.3) is 5.56 Å². The summed E-state index contributed by atoms with van der Waals surface area (Å²) in [5.74, 6) is 0. The summed E-state index contributed by atoms with van der Waals surface area (Å²) in [5, 5.41) is 5.44. The Balaban J connectivity index is 2.48. The molecule has 1 heterocycles. The average Bonchev–Trinajstić information content (AvgIpc) is 2.27. The number of hydrogen-bond acceptors (Lipinski definition) is 2. The summed E-state index contributed by atoms with van der Waals surface area (Å²) in [7, 11) is 1.69. The molecule has 1 rings (SSSR count). The molecule has 0 bridgehead atoms. The van der Waals surface area contributed by atoms with Crippen molar-refractivity contribution in [3.63, 3.8) is 0 Å². The number of nitrogens with one attached hydrogen (secondary N) is 2. The number of carbonyl (C=O) groups excluding carboxylic acids is 1. The van der Waals surface area contributed by atoms with Gasteiger partial charge in [-0.2, -0.15) is 0 Å². The zero-order chi connectivity index (χ0) is 13.8. The van der Waals surface area contributed by atoms with Crippen molar-refractivity contribution in [2.45, 2.75) is 27.3 Å². The SMILES string of the molecule is Cn1cccc(CNC(=O)NCC(C)(C)C)c1=O. The quantitative estimate of drug-likeness (QED) is 0.848. The van der Waals surface area contributed by atoms with Crippen molar-refractivity contribution in [3.8, 4) is 0 Å². The molecule has 5 heteroatoms. The molecule has 0 spiro atoms. The molecule has 100 valence electrons. The topological polar surface area (TPSA) is 63.1 Å². The van der Waals surface area contributed by atoms with E-state index in [9.17, 15) is 9.59 Å². The molecule has 1 aromatic heterocycles. The van der Waals surface area contributed by atoms with Gasteiger partial charge in [0.05, 0.1) is 0 Å². The smallest absolute Gasteiger partial charge is 0.315 e. The van der Waals surface area contributed by atoms with Crippen molar-refractivity contribution >= 4 is 6.03 Å². The van der Waals surface area contributed by atoms with Crippen LogP contribution in [0.1, 0.15) is 26.3 Å². The minimum absolute atomic E-state index is 0.0419. The predicted octanol–water partition coefficient (Wildman–Crippen LogP) is 1.23. The number of aromatic nitrogens is 1. The Morgan fingerprint density at radius 2 is 2.00 bits per heavy atom. The summed E-state index contributed by atoms with van der Waals surface area (Å²) in [6.45, 7) is 6.95. The fourth-order valence-corrected chi connectivity index (χ4v) is 1.37. The minimum Gasteiger partial charge on any atom is -0.338 e. The maximum absolute atomic E-state index is 11.7. The van der Waals surface area contributed by atoms with E-state index in [1.165, 1.54) is 4.57 Å². The first kappa shape index (κ1) is 14.3. The van der Waals surface area contributed by atoms with Crippen LogP contribution in [0.2, 0.25) is 0 Å². The monoisotopic (exact) mass is 251 g/mol. The van der Waals surface area contributed by atoms with Gasteiger partial charge < -0.3 is 15.2 Å². The van der Waals surface area contributed by atoms with Gasteiger partial charge in [0.2, 0.25) is 0 Å². The summed E-state index contributed by atoms with van der Waals surface area (Å²) in [5.41, 5.74) is 0.528. The van der Waals surface area contributed by atoms with Crippen LogP contribution in [0.15, 0.2) is 23.1 Å². The second-order valence-electron chi connectivity index (χ2n) is 5.55. The number of amides is 2. The normalized spacial score (nSPS) is 11.1. The van der Waals surface area contributed by atoms with E-state index >= 15 is 0 Å². The maximum atomic E-state index is 11.7. The van der Waals surface area contributed by atoms with Crippen LogP contribution in [-0.2, 0) is 13.6 Å². The molecule has 2 amide bonds. The second-order valence-corrected chi connectivity index (χ2v) is 5.55. The van der Waals surface area contributed by atoms with Gasteiger partial charge in [-0.05, 0) is 11.5 Å². The summed E-state index contributed by atoms with van der Waals surface area (Å²) in [6.07, 6.45) is 1.69. The van der Waals surface area contributed by atoms with Gasteiger partial charge in [-0.3, -0.25) is 4.79 Å². The Kier molecular flexibility index (Phi) is 4.53. The van der Waals surface area contributed by atoms with Crippen LogP contribution in [0.5, 0.6) is 0 Å². The lowest BCUT2D eigenvalue weighted by Crippen LogP contribution is -2.40. The number of pyridine rings is 1. The van der Waals surface area contributed by atoms with E-state index in [1.807, 2.05) is 20.8 Å². The molecule has 0 atom stereocenters. The summed E-state index contributed by atoms with van der Waals surface area (Å²) < 4.78 is 1.49. The molecule has 1 aromatic rings. The predicted molar refractivity (Wildman–Crippen MR) is 71.4 cm³/mol. The van der Waals surface area contributed by atoms with Gasteiger partial charge in [-0.1, -0.05) is 26.8 Å². The molecule has 0 aliphatic heterocycles. The van der Waals surface area contributed by atoms with Crippen LogP contribution in [0.3, 0.4) is 0 Å². The molecule has 0 aliphatic rings. The van der Waals surface area contributed by atoms with Crippen molar-refractivity contribution in [2.75, 3.05) is 6.54 Å². The van der Waals surface area contributed by atoms with Gasteiger partial charge in [0.15, 0.2) is 0 Å². The van der Waals surface area contributed by atoms with Crippen LogP contribution in [0.25, 0.3) is 0 Å². The number of urea groups is 1. The first-order valence-electron chi connectivity index (χ1n) is 5.96. The molecule has 0 fully saturated rings. The van der Waals surface area contributed by atoms with E-state index in [1.54, 1.807) is 25.4 Å². The maximum Gasteiger partial charge on any atom is 0.315 e. The van der Waals surface area contributed by atoms with E-state index in [-0.39, 0.29) is 23.6 Å². The molecule has 18 heavy (non-hydrogen) atoms. The van der Waals surface area contributed by atoms with Crippen LogP contribution < -0.4 is 16.2 Å². The highest BCUT2D eigenvalue weighted by Crippen LogP contribution is 2.09. The molecule has 0 saturated heterocycles. The highest BCUT2D eigenvalue weighted by atomic mass is 16.2. The van der Waals surface area contributed by atoms with Crippen molar-refractivity contribution < 1.29 is 4.79 Å². The third-order valence-electron chi connectivity index (χ3n) is 2.42. The van der Waals surface area contributed by atoms with Crippen molar-refractivity contribution in [3.05, 3.63) is 34.2 Å². The average molecular weight is 251 g/mol. The van der Waals surface area contributed by atoms with Gasteiger partial charge in [-0.25, -0.2) is 4.79 Å². The largest absolute Gasteiger partial charge is 0.338 e. The fraction of sp³-hybridized carbons (Fsp3) is 0.538. The molecule has 0 saturated carbocycles. The second kappa shape index (κ2) is 5.71. The molecule has 0 aromatic carbocycles. The van der Waals surface area contributed by atoms with Gasteiger partial charge >= 0.3 is 6.03 Å². The van der Waals surface area contributed by atoms with Gasteiger partial charge in [0.1, 0.15) is 0 Å². The Bertz CT molecular complexity index is 472. The third kappa shape index (κ3) is 4.61. The summed E-state index contributed by atoms with van der Waals surface area (Å²) in [4.78, 5) is 23.2. The van der Waals surface area contributed by atoms with Gasteiger partial charge in [-0.15, -0.1) is 0 Å². The Labute approximate surface area is 107 Å². The Morgan fingerprint density at radius 1 is 1.33 bits per heavy atom. The summed E-state index contributed by atoms with van der Waals surface area (Å²) in [6, 6.07) is 3.24. The van der Waals surface area contributed by atoms with E-state index in [2.05, 4.69) is 10.6 Å². The third-order valence-corrected chi connectivity index (χ3v) is 2.42. The number of hydrogen-bond donors (Lipinski definition) is 2. The lowest BCUT2D eigenvalue weighted by molar-refractivity contribution is 0.235. The van der Waals surface area contributed by atoms with Crippen LogP contribution >= 0.6 is 0 Å².